The number of fused-ring (bicyclic) bond motifs is 1. The van der Waals surface area contributed by atoms with E-state index in [9.17, 15) is 13.6 Å². The molecule has 0 aliphatic carbocycles. The third-order valence-corrected chi connectivity index (χ3v) is 4.69. The molecule has 9 heteroatoms. The maximum Gasteiger partial charge on any atom is 0.257 e. The summed E-state index contributed by atoms with van der Waals surface area (Å²) in [6, 6.07) is 6.79. The summed E-state index contributed by atoms with van der Waals surface area (Å²) in [7, 11) is 0. The number of anilines is 3. The van der Waals surface area contributed by atoms with Gasteiger partial charge < -0.3 is 15.8 Å². The fourth-order valence-corrected chi connectivity index (χ4v) is 3.08. The van der Waals surface area contributed by atoms with E-state index in [1.165, 1.54) is 24.3 Å². The second-order valence-electron chi connectivity index (χ2n) is 5.68. The molecule has 0 aliphatic rings. The number of nitrogens with zero attached hydrogens (tertiary/aromatic N) is 2. The highest BCUT2D eigenvalue weighted by Crippen LogP contribution is 2.28. The minimum atomic E-state index is -0.747. The predicted molar refractivity (Wildman–Crippen MR) is 105 cm³/mol. The monoisotopic (exact) mass is 389 g/mol. The normalized spacial score (nSPS) is 10.8. The van der Waals surface area contributed by atoms with Gasteiger partial charge in [-0.2, -0.15) is 0 Å². The van der Waals surface area contributed by atoms with Gasteiger partial charge in [-0.05, 0) is 18.6 Å². The van der Waals surface area contributed by atoms with Crippen molar-refractivity contribution in [3.8, 4) is 0 Å². The Morgan fingerprint density at radius 3 is 2.78 bits per heavy atom. The lowest BCUT2D eigenvalue weighted by Gasteiger charge is -2.12. The largest absolute Gasteiger partial charge is 0.383 e. The summed E-state index contributed by atoms with van der Waals surface area (Å²) in [6.45, 7) is 1.97. The minimum Gasteiger partial charge on any atom is -0.383 e. The lowest BCUT2D eigenvalue weighted by atomic mass is 10.1. The van der Waals surface area contributed by atoms with Gasteiger partial charge in [0, 0.05) is 23.3 Å². The molecule has 0 saturated carbocycles. The molecule has 0 radical (unpaired) electrons. The van der Waals surface area contributed by atoms with Gasteiger partial charge in [-0.25, -0.2) is 18.7 Å². The van der Waals surface area contributed by atoms with Crippen LogP contribution in [0, 0.1) is 11.6 Å². The number of nitrogens with one attached hydrogen (secondary N) is 2. The summed E-state index contributed by atoms with van der Waals surface area (Å²) < 4.78 is 31.3. The Morgan fingerprint density at radius 1 is 1.22 bits per heavy atom. The van der Waals surface area contributed by atoms with Crippen LogP contribution in [0.15, 0.2) is 36.7 Å². The number of nitrogens with two attached hydrogens (primary N) is 1. The van der Waals surface area contributed by atoms with Gasteiger partial charge in [-0.3, -0.25) is 4.79 Å². The Labute approximate surface area is 158 Å². The van der Waals surface area contributed by atoms with Gasteiger partial charge in [0.05, 0.1) is 22.5 Å². The van der Waals surface area contributed by atoms with Crippen LogP contribution in [-0.4, -0.2) is 21.6 Å². The van der Waals surface area contributed by atoms with Crippen LogP contribution >= 0.6 is 11.9 Å². The van der Waals surface area contributed by atoms with Crippen molar-refractivity contribution in [3.63, 3.8) is 0 Å². The summed E-state index contributed by atoms with van der Waals surface area (Å²) in [5.41, 5.74) is 6.01. The van der Waals surface area contributed by atoms with Crippen LogP contribution in [0.4, 0.5) is 26.0 Å². The van der Waals surface area contributed by atoms with Crippen molar-refractivity contribution < 1.29 is 13.6 Å². The number of amides is 1. The summed E-state index contributed by atoms with van der Waals surface area (Å²) in [4.78, 5) is 20.6. The predicted octanol–water partition coefficient (Wildman–Crippen LogP) is 4.21. The fourth-order valence-electron chi connectivity index (χ4n) is 2.47. The molecule has 3 aromatic rings. The van der Waals surface area contributed by atoms with Crippen molar-refractivity contribution in [2.24, 2.45) is 0 Å². The summed E-state index contributed by atoms with van der Waals surface area (Å²) in [5.74, 6) is -1.09. The molecule has 1 amide bonds. The van der Waals surface area contributed by atoms with Gasteiger partial charge in [-0.1, -0.05) is 24.9 Å². The highest BCUT2D eigenvalue weighted by atomic mass is 32.2. The molecule has 6 nitrogen and oxygen atoms in total. The van der Waals surface area contributed by atoms with E-state index in [1.807, 2.05) is 6.92 Å². The second kappa shape index (κ2) is 8.17. The molecule has 1 heterocycles. The number of hydrogen-bond donors (Lipinski definition) is 3. The van der Waals surface area contributed by atoms with E-state index in [4.69, 9.17) is 5.73 Å². The standard InChI is InChI=1S/C18H17F2N5OS/c1-2-6-27-25-14-8-10(19)7-13(15(14)20)24-18(26)12-5-3-4-11-16(12)22-9-23-17(11)21/h3-5,7-9,25H,2,6H2,1H3,(H,24,26)(H2,21,22,23). The SMILES string of the molecule is CCCSNc1cc(F)cc(NC(=O)c2cccc3c(N)ncnc23)c1F. The molecule has 0 bridgehead atoms. The Balaban J connectivity index is 1.92. The van der Waals surface area contributed by atoms with E-state index in [-0.39, 0.29) is 22.8 Å². The summed E-state index contributed by atoms with van der Waals surface area (Å²) in [6.07, 6.45) is 2.12. The van der Waals surface area contributed by atoms with Crippen LogP contribution in [-0.2, 0) is 0 Å². The van der Waals surface area contributed by atoms with Crippen LogP contribution in [0.2, 0.25) is 0 Å². The number of carbonyl (C=O) groups excluding carboxylic acids is 1. The molecule has 1 aromatic heterocycles. The van der Waals surface area contributed by atoms with Crippen molar-refractivity contribution in [2.45, 2.75) is 13.3 Å². The maximum absolute atomic E-state index is 14.6. The number of aromatic nitrogens is 2. The third-order valence-electron chi connectivity index (χ3n) is 3.71. The zero-order chi connectivity index (χ0) is 19.4. The van der Waals surface area contributed by atoms with Gasteiger partial charge in [0.15, 0.2) is 5.82 Å². The summed E-state index contributed by atoms with van der Waals surface area (Å²) in [5, 5.41) is 2.91. The Hall–Kier alpha value is -2.94. The fraction of sp³-hybridized carbons (Fsp3) is 0.167. The molecule has 0 unspecified atom stereocenters. The van der Waals surface area contributed by atoms with Crippen LogP contribution in [0.1, 0.15) is 23.7 Å². The first-order chi connectivity index (χ1) is 13.0. The van der Waals surface area contributed by atoms with Crippen molar-refractivity contribution in [3.05, 3.63) is 53.9 Å². The Bertz CT molecular complexity index is 999. The Morgan fingerprint density at radius 2 is 2.00 bits per heavy atom. The quantitative estimate of drug-likeness (QED) is 0.432. The van der Waals surface area contributed by atoms with E-state index < -0.39 is 17.5 Å². The van der Waals surface area contributed by atoms with Crippen molar-refractivity contribution in [1.82, 2.24) is 9.97 Å². The summed E-state index contributed by atoms with van der Waals surface area (Å²) >= 11 is 1.26. The molecular formula is C18H17F2N5OS. The number of para-hydroxylation sites is 1. The van der Waals surface area contributed by atoms with Gasteiger partial charge in [0.25, 0.3) is 5.91 Å². The molecule has 3 rings (SSSR count). The maximum atomic E-state index is 14.6. The molecule has 27 heavy (non-hydrogen) atoms. The van der Waals surface area contributed by atoms with Gasteiger partial charge in [-0.15, -0.1) is 0 Å². The number of hydrogen-bond acceptors (Lipinski definition) is 6. The topological polar surface area (TPSA) is 92.9 Å². The molecule has 0 spiro atoms. The number of rotatable bonds is 6. The number of halogens is 2. The van der Waals surface area contributed by atoms with Gasteiger partial charge in [0.1, 0.15) is 18.0 Å². The first kappa shape index (κ1) is 18.8. The van der Waals surface area contributed by atoms with Gasteiger partial charge in [0.2, 0.25) is 0 Å². The number of carbonyl (C=O) groups is 1. The number of nitrogen functional groups attached to an aromatic ring is 1. The zero-order valence-electron chi connectivity index (χ0n) is 14.4. The van der Waals surface area contributed by atoms with Crippen LogP contribution in [0.3, 0.4) is 0 Å². The van der Waals surface area contributed by atoms with Gasteiger partial charge >= 0.3 is 0 Å². The lowest BCUT2D eigenvalue weighted by molar-refractivity contribution is 0.102. The molecule has 0 aliphatic heterocycles. The highest BCUT2D eigenvalue weighted by Gasteiger charge is 2.17. The number of benzene rings is 2. The van der Waals surface area contributed by atoms with E-state index in [0.29, 0.717) is 10.9 Å². The van der Waals surface area contributed by atoms with Crippen molar-refractivity contribution in [2.75, 3.05) is 21.5 Å². The minimum absolute atomic E-state index is 0.0340. The molecule has 2 aromatic carbocycles. The van der Waals surface area contributed by atoms with Crippen molar-refractivity contribution in [1.29, 1.82) is 0 Å². The van der Waals surface area contributed by atoms with Crippen LogP contribution in [0.5, 0.6) is 0 Å². The first-order valence-corrected chi connectivity index (χ1v) is 9.17. The third kappa shape index (κ3) is 4.08. The van der Waals surface area contributed by atoms with E-state index in [0.717, 1.165) is 24.3 Å². The van der Waals surface area contributed by atoms with E-state index in [1.54, 1.807) is 12.1 Å². The Kier molecular flexibility index (Phi) is 5.70. The van der Waals surface area contributed by atoms with E-state index in [2.05, 4.69) is 20.0 Å². The second-order valence-corrected chi connectivity index (χ2v) is 6.58. The average Bonchev–Trinajstić information content (AvgIpc) is 2.65. The zero-order valence-corrected chi connectivity index (χ0v) is 15.2. The molecular weight excluding hydrogens is 372 g/mol. The van der Waals surface area contributed by atoms with E-state index >= 15 is 0 Å². The van der Waals surface area contributed by atoms with Crippen LogP contribution in [0.25, 0.3) is 10.9 Å². The first-order valence-electron chi connectivity index (χ1n) is 8.18. The molecule has 140 valence electrons. The molecule has 0 saturated heterocycles. The smallest absolute Gasteiger partial charge is 0.257 e. The molecule has 0 atom stereocenters. The lowest BCUT2D eigenvalue weighted by Crippen LogP contribution is -2.15. The van der Waals surface area contributed by atoms with Crippen LogP contribution < -0.4 is 15.8 Å². The molecule has 4 N–H and O–H groups in total. The highest BCUT2D eigenvalue weighted by molar-refractivity contribution is 8.00. The van der Waals surface area contributed by atoms with Crippen molar-refractivity contribution >= 4 is 46.0 Å². The average molecular weight is 389 g/mol. The molecule has 0 fully saturated rings.